The Morgan fingerprint density at radius 1 is 0.923 bits per heavy atom. The second kappa shape index (κ2) is 9.94. The number of para-hydroxylation sites is 1. The molecule has 0 aliphatic heterocycles. The molecule has 1 heterocycles. The molecule has 0 bridgehead atoms. The number of hydrogen-bond acceptors (Lipinski definition) is 7. The Balaban J connectivity index is 1.60. The second-order valence-corrected chi connectivity index (χ2v) is 5.84. The number of imide groups is 1. The molecule has 8 nitrogen and oxygen atoms in total. The maximum atomic E-state index is 11.6. The van der Waals surface area contributed by atoms with Crippen LogP contribution in [-0.4, -0.2) is 43.4 Å². The van der Waals surface area contributed by atoms with E-state index in [9.17, 15) is 19.2 Å². The Bertz CT molecular complexity index is 761. The highest BCUT2D eigenvalue weighted by Crippen LogP contribution is 2.08. The van der Waals surface area contributed by atoms with Gasteiger partial charge in [0.15, 0.2) is 13.2 Å². The maximum absolute atomic E-state index is 11.6. The molecule has 136 valence electrons. The zero-order chi connectivity index (χ0) is 18.8. The van der Waals surface area contributed by atoms with Crippen molar-refractivity contribution in [3.8, 4) is 5.75 Å². The lowest BCUT2D eigenvalue weighted by molar-refractivity contribution is -0.148. The molecule has 0 aliphatic rings. The van der Waals surface area contributed by atoms with Crippen molar-refractivity contribution in [2.45, 2.75) is 0 Å². The van der Waals surface area contributed by atoms with Crippen molar-refractivity contribution >= 4 is 35.0 Å². The molecule has 1 aromatic carbocycles. The first-order chi connectivity index (χ1) is 12.5. The van der Waals surface area contributed by atoms with Crippen molar-refractivity contribution in [1.29, 1.82) is 0 Å². The first-order valence-corrected chi connectivity index (χ1v) is 8.40. The van der Waals surface area contributed by atoms with Gasteiger partial charge < -0.3 is 14.8 Å². The summed E-state index contributed by atoms with van der Waals surface area (Å²) in [7, 11) is 0. The summed E-state index contributed by atoms with van der Waals surface area (Å²) in [6.45, 7) is -1.29. The van der Waals surface area contributed by atoms with Crippen LogP contribution in [0.15, 0.2) is 47.8 Å². The van der Waals surface area contributed by atoms with Crippen molar-refractivity contribution in [1.82, 2.24) is 10.6 Å². The number of benzene rings is 1. The van der Waals surface area contributed by atoms with Gasteiger partial charge in [0.1, 0.15) is 12.3 Å². The third kappa shape index (κ3) is 6.73. The minimum Gasteiger partial charge on any atom is -0.484 e. The van der Waals surface area contributed by atoms with Gasteiger partial charge in [-0.1, -0.05) is 24.3 Å². The van der Waals surface area contributed by atoms with Crippen molar-refractivity contribution < 1.29 is 28.7 Å². The summed E-state index contributed by atoms with van der Waals surface area (Å²) in [5, 5.41) is 6.09. The molecule has 26 heavy (non-hydrogen) atoms. The van der Waals surface area contributed by atoms with Gasteiger partial charge in [0.2, 0.25) is 0 Å². The summed E-state index contributed by atoms with van der Waals surface area (Å²) in [6.07, 6.45) is 0. The fourth-order valence-corrected chi connectivity index (χ4v) is 2.34. The van der Waals surface area contributed by atoms with Gasteiger partial charge in [-0.2, -0.15) is 0 Å². The van der Waals surface area contributed by atoms with E-state index < -0.39 is 36.8 Å². The monoisotopic (exact) mass is 376 g/mol. The van der Waals surface area contributed by atoms with Gasteiger partial charge in [0, 0.05) is 0 Å². The minimum absolute atomic E-state index is 0.257. The van der Waals surface area contributed by atoms with Crippen LogP contribution >= 0.6 is 11.3 Å². The summed E-state index contributed by atoms with van der Waals surface area (Å²) >= 11 is 1.18. The predicted octanol–water partition coefficient (Wildman–Crippen LogP) is 0.743. The number of ether oxygens (including phenoxy) is 2. The Morgan fingerprint density at radius 3 is 2.38 bits per heavy atom. The number of hydrogen-bond donors (Lipinski definition) is 2. The van der Waals surface area contributed by atoms with Crippen LogP contribution in [0.4, 0.5) is 0 Å². The summed E-state index contributed by atoms with van der Waals surface area (Å²) < 4.78 is 9.89. The maximum Gasteiger partial charge on any atom is 0.325 e. The molecular weight excluding hydrogens is 360 g/mol. The Labute approximate surface area is 153 Å². The average molecular weight is 376 g/mol. The molecule has 0 radical (unpaired) electrons. The predicted molar refractivity (Wildman–Crippen MR) is 92.7 cm³/mol. The smallest absolute Gasteiger partial charge is 0.325 e. The zero-order valence-corrected chi connectivity index (χ0v) is 14.4. The number of thiophene rings is 1. The third-order valence-electron chi connectivity index (χ3n) is 2.91. The van der Waals surface area contributed by atoms with Gasteiger partial charge in [0.25, 0.3) is 17.7 Å². The fraction of sp³-hybridized carbons (Fsp3) is 0.176. The van der Waals surface area contributed by atoms with Gasteiger partial charge in [0.05, 0.1) is 4.88 Å². The van der Waals surface area contributed by atoms with Crippen LogP contribution in [0, 0.1) is 0 Å². The van der Waals surface area contributed by atoms with Crippen molar-refractivity contribution in [2.24, 2.45) is 0 Å². The van der Waals surface area contributed by atoms with Gasteiger partial charge in [-0.05, 0) is 23.6 Å². The van der Waals surface area contributed by atoms with E-state index in [4.69, 9.17) is 4.74 Å². The minimum atomic E-state index is -0.809. The van der Waals surface area contributed by atoms with E-state index in [0.29, 0.717) is 10.6 Å². The van der Waals surface area contributed by atoms with Crippen LogP contribution < -0.4 is 15.4 Å². The first kappa shape index (κ1) is 19.1. The summed E-state index contributed by atoms with van der Waals surface area (Å²) in [5.74, 6) is -2.11. The lowest BCUT2D eigenvalue weighted by Gasteiger charge is -2.08. The van der Waals surface area contributed by atoms with E-state index in [0.717, 1.165) is 0 Å². The molecule has 2 rings (SSSR count). The first-order valence-electron chi connectivity index (χ1n) is 7.52. The highest BCUT2D eigenvalue weighted by Gasteiger charge is 2.13. The Hall–Kier alpha value is -3.20. The van der Waals surface area contributed by atoms with E-state index in [1.165, 1.54) is 11.3 Å². The topological polar surface area (TPSA) is 111 Å². The second-order valence-electron chi connectivity index (χ2n) is 4.89. The van der Waals surface area contributed by atoms with Gasteiger partial charge in [-0.25, -0.2) is 0 Å². The highest BCUT2D eigenvalue weighted by molar-refractivity contribution is 7.12. The standard InChI is InChI=1S/C17H16N2O6S/c20-14(10-24-12-5-2-1-3-6-12)18-9-16(22)25-11-15(21)19-17(23)13-7-4-8-26-13/h1-8H,9-11H2,(H,18,20)(H,19,21,23). The molecule has 3 amide bonds. The molecule has 1 aromatic heterocycles. The largest absolute Gasteiger partial charge is 0.484 e. The van der Waals surface area contributed by atoms with E-state index in [-0.39, 0.29) is 6.61 Å². The molecule has 0 fully saturated rings. The number of carbonyl (C=O) groups excluding carboxylic acids is 4. The summed E-state index contributed by atoms with van der Waals surface area (Å²) in [4.78, 5) is 46.6. The van der Waals surface area contributed by atoms with Crippen molar-refractivity contribution in [3.05, 3.63) is 52.7 Å². The molecule has 0 aliphatic carbocycles. The van der Waals surface area contributed by atoms with Crippen LogP contribution in [0.25, 0.3) is 0 Å². The van der Waals surface area contributed by atoms with Crippen molar-refractivity contribution in [2.75, 3.05) is 19.8 Å². The zero-order valence-electron chi connectivity index (χ0n) is 13.6. The molecule has 0 saturated heterocycles. The molecule has 0 atom stereocenters. The molecule has 0 unspecified atom stereocenters. The van der Waals surface area contributed by atoms with E-state index >= 15 is 0 Å². The van der Waals surface area contributed by atoms with E-state index in [1.807, 2.05) is 6.07 Å². The number of esters is 1. The highest BCUT2D eigenvalue weighted by atomic mass is 32.1. The average Bonchev–Trinajstić information content (AvgIpc) is 3.18. The van der Waals surface area contributed by atoms with Crippen LogP contribution in [0.1, 0.15) is 9.67 Å². The van der Waals surface area contributed by atoms with Crippen LogP contribution in [0.3, 0.4) is 0 Å². The van der Waals surface area contributed by atoms with Gasteiger partial charge >= 0.3 is 5.97 Å². The number of amides is 3. The summed E-state index contributed by atoms with van der Waals surface area (Å²) in [5.41, 5.74) is 0. The van der Waals surface area contributed by atoms with E-state index in [2.05, 4.69) is 15.4 Å². The SMILES string of the molecule is O=C(COc1ccccc1)NCC(=O)OCC(=O)NC(=O)c1cccs1. The number of nitrogens with one attached hydrogen (secondary N) is 2. The quantitative estimate of drug-likeness (QED) is 0.658. The van der Waals surface area contributed by atoms with Crippen LogP contribution in [0.5, 0.6) is 5.75 Å². The Kier molecular flexibility index (Phi) is 7.31. The molecule has 0 saturated carbocycles. The molecular formula is C17H16N2O6S. The Morgan fingerprint density at radius 2 is 1.69 bits per heavy atom. The third-order valence-corrected chi connectivity index (χ3v) is 3.77. The summed E-state index contributed by atoms with van der Waals surface area (Å²) in [6, 6.07) is 12.0. The molecule has 9 heteroatoms. The molecule has 2 aromatic rings. The fourth-order valence-electron chi connectivity index (χ4n) is 1.72. The molecule has 0 spiro atoms. The number of carbonyl (C=O) groups is 4. The number of rotatable bonds is 8. The lowest BCUT2D eigenvalue weighted by Crippen LogP contribution is -2.37. The van der Waals surface area contributed by atoms with Gasteiger partial charge in [-0.15, -0.1) is 11.3 Å². The lowest BCUT2D eigenvalue weighted by atomic mass is 10.3. The molecule has 2 N–H and O–H groups in total. The van der Waals surface area contributed by atoms with Crippen LogP contribution in [0.2, 0.25) is 0 Å². The van der Waals surface area contributed by atoms with Crippen LogP contribution in [-0.2, 0) is 19.1 Å². The van der Waals surface area contributed by atoms with Gasteiger partial charge in [-0.3, -0.25) is 24.5 Å². The normalized spacial score (nSPS) is 9.85. The van der Waals surface area contributed by atoms with Crippen molar-refractivity contribution in [3.63, 3.8) is 0 Å². The van der Waals surface area contributed by atoms with E-state index in [1.54, 1.807) is 41.8 Å².